The minimum Gasteiger partial charge on any atom is -0.481 e. The van der Waals surface area contributed by atoms with E-state index in [4.69, 9.17) is 5.11 Å². The Morgan fingerprint density at radius 3 is 2.72 bits per heavy atom. The molecule has 1 aromatic carbocycles. The number of aromatic nitrogens is 1. The van der Waals surface area contributed by atoms with Crippen LogP contribution in [0.4, 0.5) is 0 Å². The normalized spacial score (nSPS) is 21.6. The van der Waals surface area contributed by atoms with E-state index in [-0.39, 0.29) is 17.2 Å². The lowest BCUT2D eigenvalue weighted by atomic mass is 9.90. The summed E-state index contributed by atoms with van der Waals surface area (Å²) in [7, 11) is 0. The maximum absolute atomic E-state index is 12.4. The molecule has 2 aliphatic rings. The first-order valence-corrected chi connectivity index (χ1v) is 9.15. The number of aryl methyl sites for hydroxylation is 1. The SMILES string of the molecule is O=C(O)C1CC12CCN(C(=O)CCCc1c[nH]c3ccccc13)CC2. The standard InChI is InChI=1S/C20H24N2O3/c23-18(22-10-8-20(9-11-22)12-16(20)19(24)25)7-3-4-14-13-21-17-6-2-1-5-15(14)17/h1-2,5-6,13,16,21H,3-4,7-12H2,(H,24,25). The predicted octanol–water partition coefficient (Wildman–Crippen LogP) is 3.20. The maximum Gasteiger partial charge on any atom is 0.307 e. The van der Waals surface area contributed by atoms with Gasteiger partial charge in [-0.3, -0.25) is 9.59 Å². The minimum absolute atomic E-state index is 0.00729. The second kappa shape index (κ2) is 6.21. The van der Waals surface area contributed by atoms with E-state index in [1.807, 2.05) is 23.2 Å². The van der Waals surface area contributed by atoms with Gasteiger partial charge in [-0.25, -0.2) is 0 Å². The summed E-state index contributed by atoms with van der Waals surface area (Å²) in [5.74, 6) is -0.632. The molecule has 1 amide bonds. The van der Waals surface area contributed by atoms with Crippen molar-refractivity contribution in [3.8, 4) is 0 Å². The largest absolute Gasteiger partial charge is 0.481 e. The average molecular weight is 340 g/mol. The van der Waals surface area contributed by atoms with Crippen molar-refractivity contribution in [3.05, 3.63) is 36.0 Å². The molecule has 1 unspecified atom stereocenters. The third kappa shape index (κ3) is 3.03. The van der Waals surface area contributed by atoms with Crippen LogP contribution >= 0.6 is 0 Å². The van der Waals surface area contributed by atoms with E-state index < -0.39 is 5.97 Å². The first-order chi connectivity index (χ1) is 12.1. The molecule has 0 bridgehead atoms. The number of hydrogen-bond donors (Lipinski definition) is 2. The van der Waals surface area contributed by atoms with E-state index in [1.54, 1.807) is 0 Å². The summed E-state index contributed by atoms with van der Waals surface area (Å²) < 4.78 is 0. The molecule has 1 aromatic heterocycles. The van der Waals surface area contributed by atoms with Crippen LogP contribution in [0, 0.1) is 11.3 Å². The van der Waals surface area contributed by atoms with Crippen LogP contribution in [0.25, 0.3) is 10.9 Å². The number of carbonyl (C=O) groups is 2. The van der Waals surface area contributed by atoms with E-state index in [0.29, 0.717) is 6.42 Å². The molecular weight excluding hydrogens is 316 g/mol. The van der Waals surface area contributed by atoms with E-state index in [1.165, 1.54) is 10.9 Å². The fraction of sp³-hybridized carbons (Fsp3) is 0.500. The van der Waals surface area contributed by atoms with Gasteiger partial charge in [0.15, 0.2) is 0 Å². The Hall–Kier alpha value is -2.30. The Morgan fingerprint density at radius 1 is 1.24 bits per heavy atom. The molecule has 1 spiro atoms. The lowest BCUT2D eigenvalue weighted by molar-refractivity contribution is -0.139. The highest BCUT2D eigenvalue weighted by Crippen LogP contribution is 2.59. The molecule has 5 heteroatoms. The summed E-state index contributed by atoms with van der Waals surface area (Å²) in [6, 6.07) is 8.23. The number of benzene rings is 1. The summed E-state index contributed by atoms with van der Waals surface area (Å²) in [6.07, 6.45) is 6.84. The van der Waals surface area contributed by atoms with Crippen molar-refractivity contribution in [3.63, 3.8) is 0 Å². The summed E-state index contributed by atoms with van der Waals surface area (Å²) >= 11 is 0. The monoisotopic (exact) mass is 340 g/mol. The molecule has 2 heterocycles. The number of H-pyrrole nitrogens is 1. The number of rotatable bonds is 5. The van der Waals surface area contributed by atoms with Gasteiger partial charge in [-0.05, 0) is 49.1 Å². The Bertz CT molecular complexity index is 802. The molecule has 0 radical (unpaired) electrons. The number of aromatic amines is 1. The van der Waals surface area contributed by atoms with E-state index in [2.05, 4.69) is 17.1 Å². The topological polar surface area (TPSA) is 73.4 Å². The number of fused-ring (bicyclic) bond motifs is 1. The molecule has 4 rings (SSSR count). The highest BCUT2D eigenvalue weighted by Gasteiger charge is 2.59. The molecule has 2 fully saturated rings. The Balaban J connectivity index is 1.25. The van der Waals surface area contributed by atoms with Gasteiger partial charge < -0.3 is 15.0 Å². The first kappa shape index (κ1) is 16.2. The van der Waals surface area contributed by atoms with Crippen LogP contribution in [0.5, 0.6) is 0 Å². The molecule has 25 heavy (non-hydrogen) atoms. The van der Waals surface area contributed by atoms with Crippen molar-refractivity contribution in [2.24, 2.45) is 11.3 Å². The summed E-state index contributed by atoms with van der Waals surface area (Å²) in [5.41, 5.74) is 2.40. The van der Waals surface area contributed by atoms with Gasteiger partial charge in [0.2, 0.25) is 5.91 Å². The van der Waals surface area contributed by atoms with Crippen molar-refractivity contribution < 1.29 is 14.7 Å². The Morgan fingerprint density at radius 2 is 2.00 bits per heavy atom. The van der Waals surface area contributed by atoms with Gasteiger partial charge in [0, 0.05) is 36.6 Å². The number of amides is 1. The van der Waals surface area contributed by atoms with Gasteiger partial charge in [-0.1, -0.05) is 18.2 Å². The zero-order valence-electron chi connectivity index (χ0n) is 14.3. The van der Waals surface area contributed by atoms with Gasteiger partial charge in [-0.15, -0.1) is 0 Å². The molecular formula is C20H24N2O3. The third-order valence-electron chi connectivity index (χ3n) is 6.11. The second-order valence-corrected chi connectivity index (χ2v) is 7.55. The lowest BCUT2D eigenvalue weighted by Crippen LogP contribution is -2.39. The van der Waals surface area contributed by atoms with Crippen LogP contribution in [0.2, 0.25) is 0 Å². The van der Waals surface area contributed by atoms with Crippen molar-refractivity contribution in [2.45, 2.75) is 38.5 Å². The van der Waals surface area contributed by atoms with Crippen molar-refractivity contribution in [2.75, 3.05) is 13.1 Å². The maximum atomic E-state index is 12.4. The van der Waals surface area contributed by atoms with Crippen LogP contribution in [-0.4, -0.2) is 40.0 Å². The molecule has 1 atom stereocenters. The van der Waals surface area contributed by atoms with Crippen LogP contribution in [-0.2, 0) is 16.0 Å². The van der Waals surface area contributed by atoms with Crippen molar-refractivity contribution >= 4 is 22.8 Å². The minimum atomic E-state index is -0.668. The van der Waals surface area contributed by atoms with Crippen LogP contribution in [0.3, 0.4) is 0 Å². The van der Waals surface area contributed by atoms with Gasteiger partial charge in [0.05, 0.1) is 5.92 Å². The number of carboxylic acid groups (broad SMARTS) is 1. The third-order valence-corrected chi connectivity index (χ3v) is 6.11. The highest BCUT2D eigenvalue weighted by atomic mass is 16.4. The summed E-state index contributed by atoms with van der Waals surface area (Å²) in [5, 5.41) is 10.4. The second-order valence-electron chi connectivity index (χ2n) is 7.55. The molecule has 2 N–H and O–H groups in total. The van der Waals surface area contributed by atoms with Crippen LogP contribution in [0.1, 0.15) is 37.7 Å². The van der Waals surface area contributed by atoms with Crippen molar-refractivity contribution in [1.82, 2.24) is 9.88 Å². The zero-order valence-corrected chi connectivity index (χ0v) is 14.3. The molecule has 2 aromatic rings. The van der Waals surface area contributed by atoms with Gasteiger partial charge in [-0.2, -0.15) is 0 Å². The number of carboxylic acids is 1. The predicted molar refractivity (Wildman–Crippen MR) is 95.2 cm³/mol. The first-order valence-electron chi connectivity index (χ1n) is 9.15. The summed E-state index contributed by atoms with van der Waals surface area (Å²) in [4.78, 5) is 28.8. The summed E-state index contributed by atoms with van der Waals surface area (Å²) in [6.45, 7) is 1.44. The van der Waals surface area contributed by atoms with Gasteiger partial charge in [0.25, 0.3) is 0 Å². The van der Waals surface area contributed by atoms with Gasteiger partial charge in [0.1, 0.15) is 0 Å². The highest BCUT2D eigenvalue weighted by molar-refractivity contribution is 5.83. The molecule has 132 valence electrons. The number of aliphatic carboxylic acids is 1. The van der Waals surface area contributed by atoms with Crippen LogP contribution in [0.15, 0.2) is 30.5 Å². The smallest absolute Gasteiger partial charge is 0.307 e. The molecule has 5 nitrogen and oxygen atoms in total. The molecule has 1 aliphatic carbocycles. The number of nitrogens with one attached hydrogen (secondary N) is 1. The number of carbonyl (C=O) groups excluding carboxylic acids is 1. The number of nitrogens with zero attached hydrogens (tertiary/aromatic N) is 1. The Kier molecular flexibility index (Phi) is 4.02. The zero-order chi connectivity index (χ0) is 17.4. The van der Waals surface area contributed by atoms with E-state index in [9.17, 15) is 9.59 Å². The fourth-order valence-corrected chi connectivity index (χ4v) is 4.38. The quantitative estimate of drug-likeness (QED) is 0.878. The number of piperidine rings is 1. The lowest BCUT2D eigenvalue weighted by Gasteiger charge is -2.32. The van der Waals surface area contributed by atoms with Gasteiger partial charge >= 0.3 is 5.97 Å². The van der Waals surface area contributed by atoms with Crippen LogP contribution < -0.4 is 0 Å². The molecule has 1 saturated heterocycles. The Labute approximate surface area is 147 Å². The fourth-order valence-electron chi connectivity index (χ4n) is 4.38. The van der Waals surface area contributed by atoms with E-state index >= 15 is 0 Å². The number of para-hydroxylation sites is 1. The molecule has 1 saturated carbocycles. The number of hydrogen-bond acceptors (Lipinski definition) is 2. The number of likely N-dealkylation sites (tertiary alicyclic amines) is 1. The van der Waals surface area contributed by atoms with Crippen molar-refractivity contribution in [1.29, 1.82) is 0 Å². The average Bonchev–Trinajstić information content (AvgIpc) is 3.17. The molecule has 1 aliphatic heterocycles. The van der Waals surface area contributed by atoms with E-state index in [0.717, 1.165) is 50.7 Å².